The zero-order valence-electron chi connectivity index (χ0n) is 19.6. The molecular formula is C21H29ClN2O9PS+. The van der Waals surface area contributed by atoms with Crippen molar-refractivity contribution in [2.45, 2.75) is 33.3 Å². The van der Waals surface area contributed by atoms with Crippen LogP contribution in [0.4, 0.5) is 0 Å². The highest BCUT2D eigenvalue weighted by Crippen LogP contribution is 2.63. The second kappa shape index (κ2) is 13.5. The molecule has 0 aromatic heterocycles. The van der Waals surface area contributed by atoms with E-state index in [0.29, 0.717) is 17.3 Å². The second-order valence-corrected chi connectivity index (χ2v) is 11.5. The number of ether oxygens (including phenoxy) is 1. The smallest absolute Gasteiger partial charge is 0.430 e. The Morgan fingerprint density at radius 3 is 2.54 bits per heavy atom. The van der Waals surface area contributed by atoms with Gasteiger partial charge in [-0.05, 0) is 24.3 Å². The first-order valence-corrected chi connectivity index (χ1v) is 13.5. The number of carbonyl (C=O) groups excluding carboxylic acids is 4. The fraction of sp³-hybridized carbons (Fsp3) is 0.524. The van der Waals surface area contributed by atoms with Crippen LogP contribution in [0.1, 0.15) is 37.6 Å². The second-order valence-electron chi connectivity index (χ2n) is 8.13. The van der Waals surface area contributed by atoms with Gasteiger partial charge in [-0.3, -0.25) is 14.4 Å². The van der Waals surface area contributed by atoms with Gasteiger partial charge in [-0.2, -0.15) is 9.42 Å². The van der Waals surface area contributed by atoms with Crippen LogP contribution in [0, 0.1) is 5.41 Å². The highest BCUT2D eigenvalue weighted by molar-refractivity contribution is 8.13. The molecule has 35 heavy (non-hydrogen) atoms. The topological polar surface area (TPSA) is 149 Å². The fourth-order valence-electron chi connectivity index (χ4n) is 2.78. The molecule has 1 saturated heterocycles. The summed E-state index contributed by atoms with van der Waals surface area (Å²) in [5.74, 6) is -1.08. The first kappa shape index (κ1) is 29.4. The molecule has 14 heteroatoms. The quantitative estimate of drug-likeness (QED) is 0.162. The van der Waals surface area contributed by atoms with E-state index in [1.807, 2.05) is 0 Å². The van der Waals surface area contributed by atoms with Crippen molar-refractivity contribution < 1.29 is 42.4 Å². The number of hydrogen-bond acceptors (Lipinski definition) is 10. The van der Waals surface area contributed by atoms with Crippen molar-refractivity contribution >= 4 is 54.4 Å². The van der Waals surface area contributed by atoms with Crippen LogP contribution in [-0.4, -0.2) is 66.1 Å². The molecular weight excluding hydrogens is 523 g/mol. The van der Waals surface area contributed by atoms with Crippen molar-refractivity contribution in [1.29, 1.82) is 0 Å². The van der Waals surface area contributed by atoms with E-state index in [2.05, 4.69) is 10.6 Å². The zero-order valence-corrected chi connectivity index (χ0v) is 22.0. The Labute approximate surface area is 213 Å². The Bertz CT molecular complexity index is 919. The Morgan fingerprint density at radius 2 is 1.89 bits per heavy atom. The Hall–Kier alpha value is -1.79. The van der Waals surface area contributed by atoms with Gasteiger partial charge in [0.1, 0.15) is 6.61 Å². The Balaban J connectivity index is 1.80. The summed E-state index contributed by atoms with van der Waals surface area (Å²) >= 11 is 6.89. The van der Waals surface area contributed by atoms with Crippen LogP contribution < -0.4 is 10.6 Å². The molecule has 0 radical (unpaired) electrons. The fourth-order valence-corrected chi connectivity index (χ4v) is 4.92. The lowest BCUT2D eigenvalue weighted by molar-refractivity contribution is -0.146. The number of hydrogen-bond donors (Lipinski definition) is 3. The number of benzene rings is 1. The van der Waals surface area contributed by atoms with E-state index in [9.17, 15) is 24.1 Å². The molecule has 1 aromatic carbocycles. The molecule has 1 aromatic rings. The third-order valence-corrected chi connectivity index (χ3v) is 7.08. The minimum atomic E-state index is -3.96. The van der Waals surface area contributed by atoms with Gasteiger partial charge < -0.3 is 15.4 Å². The maximum atomic E-state index is 12.7. The van der Waals surface area contributed by atoms with Crippen LogP contribution in [0.3, 0.4) is 0 Å². The summed E-state index contributed by atoms with van der Waals surface area (Å²) in [4.78, 5) is 58.1. The molecule has 0 bridgehead atoms. The van der Waals surface area contributed by atoms with Gasteiger partial charge in [0, 0.05) is 42.6 Å². The van der Waals surface area contributed by atoms with E-state index >= 15 is 0 Å². The largest absolute Gasteiger partial charge is 0.576 e. The van der Waals surface area contributed by atoms with Gasteiger partial charge in [0.05, 0.1) is 5.56 Å². The van der Waals surface area contributed by atoms with E-state index in [0.717, 1.165) is 11.8 Å². The van der Waals surface area contributed by atoms with Crippen LogP contribution in [0.25, 0.3) is 0 Å². The van der Waals surface area contributed by atoms with Gasteiger partial charge in [0.25, 0.3) is 5.91 Å². The van der Waals surface area contributed by atoms with Crippen molar-refractivity contribution in [2.75, 3.05) is 32.2 Å². The molecule has 1 aliphatic heterocycles. The molecule has 0 spiro atoms. The summed E-state index contributed by atoms with van der Waals surface area (Å²) in [5, 5.41) is 5.68. The first-order chi connectivity index (χ1) is 16.4. The normalized spacial score (nSPS) is 21.1. The lowest BCUT2D eigenvalue weighted by Gasteiger charge is -2.36. The molecule has 2 atom stereocenters. The molecule has 1 unspecified atom stereocenters. The predicted octanol–water partition coefficient (Wildman–Crippen LogP) is 2.48. The lowest BCUT2D eigenvalue weighted by atomic mass is 9.87. The molecule has 3 N–H and O–H groups in total. The number of carbonyl (C=O) groups is 4. The third kappa shape index (κ3) is 10.0. The van der Waals surface area contributed by atoms with Crippen LogP contribution in [0.2, 0.25) is 5.02 Å². The maximum absolute atomic E-state index is 12.7. The van der Waals surface area contributed by atoms with E-state index in [-0.39, 0.29) is 36.2 Å². The van der Waals surface area contributed by atoms with E-state index < -0.39 is 38.4 Å². The maximum Gasteiger partial charge on any atom is 0.576 e. The van der Waals surface area contributed by atoms with Crippen molar-refractivity contribution in [1.82, 2.24) is 10.6 Å². The number of rotatable bonds is 11. The minimum absolute atomic E-state index is 0.0245. The van der Waals surface area contributed by atoms with Crippen LogP contribution in [0.5, 0.6) is 0 Å². The lowest BCUT2D eigenvalue weighted by Crippen LogP contribution is -2.50. The number of esters is 1. The van der Waals surface area contributed by atoms with Crippen LogP contribution in [-0.2, 0) is 32.7 Å². The molecule has 1 fully saturated rings. The number of thioether (sulfide) groups is 1. The van der Waals surface area contributed by atoms with E-state index in [4.69, 9.17) is 29.9 Å². The van der Waals surface area contributed by atoms with Gasteiger partial charge in [-0.25, -0.2) is 4.79 Å². The molecule has 2 amide bonds. The van der Waals surface area contributed by atoms with Crippen molar-refractivity contribution in [3.05, 3.63) is 34.9 Å². The zero-order chi connectivity index (χ0) is 26.1. The van der Waals surface area contributed by atoms with Crippen LogP contribution in [0.15, 0.2) is 24.3 Å². The third-order valence-electron chi connectivity index (χ3n) is 4.65. The van der Waals surface area contributed by atoms with Gasteiger partial charge >= 0.3 is 14.1 Å². The summed E-state index contributed by atoms with van der Waals surface area (Å²) in [7, 11) is -3.96. The Kier molecular flexibility index (Phi) is 11.4. The summed E-state index contributed by atoms with van der Waals surface area (Å²) in [6.07, 6.45) is -1.12. The van der Waals surface area contributed by atoms with Gasteiger partial charge in [0.2, 0.25) is 12.7 Å². The molecule has 1 aliphatic rings. The van der Waals surface area contributed by atoms with Crippen molar-refractivity contribution in [2.24, 2.45) is 5.41 Å². The highest BCUT2D eigenvalue weighted by Gasteiger charge is 2.59. The number of amides is 2. The molecule has 2 rings (SSSR count). The summed E-state index contributed by atoms with van der Waals surface area (Å²) < 4.78 is 20.9. The van der Waals surface area contributed by atoms with Crippen molar-refractivity contribution in [3.63, 3.8) is 0 Å². The SMILES string of the molecule is CC(=O)SCCNC(=O)CCNC(=O)[C@@H]1O[P+](O)(OCOC(=O)c2ccc(Cl)cc2)OCC1(C)C. The van der Waals surface area contributed by atoms with Crippen LogP contribution >= 0.6 is 31.5 Å². The van der Waals surface area contributed by atoms with Gasteiger partial charge in [0.15, 0.2) is 11.2 Å². The van der Waals surface area contributed by atoms with Crippen molar-refractivity contribution in [3.8, 4) is 0 Å². The molecule has 1 heterocycles. The number of halogens is 1. The van der Waals surface area contributed by atoms with E-state index in [1.54, 1.807) is 13.8 Å². The first-order valence-electron chi connectivity index (χ1n) is 10.6. The predicted molar refractivity (Wildman–Crippen MR) is 130 cm³/mol. The molecule has 11 nitrogen and oxygen atoms in total. The number of nitrogens with one attached hydrogen (secondary N) is 2. The summed E-state index contributed by atoms with van der Waals surface area (Å²) in [6.45, 7) is 4.52. The van der Waals surface area contributed by atoms with Gasteiger partial charge in [-0.1, -0.05) is 37.2 Å². The molecule has 194 valence electrons. The minimum Gasteiger partial charge on any atom is -0.430 e. The summed E-state index contributed by atoms with van der Waals surface area (Å²) in [5.41, 5.74) is -0.583. The van der Waals surface area contributed by atoms with E-state index in [1.165, 1.54) is 31.2 Å². The standard InChI is InChI=1S/C21H28ClN2O9PS/c1-14(25)35-11-10-23-17(26)8-9-24-19(27)18-21(2,3)12-31-34(29,33-18)32-13-30-20(28)15-4-6-16(22)7-5-15/h4-7,18,29H,8-13H2,1-3H3,(H-,23,24,26,27)/p+1/t18-,34?/m0/s1. The highest BCUT2D eigenvalue weighted by atomic mass is 35.5. The van der Waals surface area contributed by atoms with Gasteiger partial charge in [-0.15, -0.1) is 9.05 Å². The Morgan fingerprint density at radius 1 is 1.20 bits per heavy atom. The average molecular weight is 552 g/mol. The molecule has 0 saturated carbocycles. The molecule has 0 aliphatic carbocycles. The monoisotopic (exact) mass is 551 g/mol. The summed E-state index contributed by atoms with van der Waals surface area (Å²) in [6, 6.07) is 5.98. The average Bonchev–Trinajstić information content (AvgIpc) is 2.79.